The molecule has 0 aliphatic rings. The summed E-state index contributed by atoms with van der Waals surface area (Å²) in [6.07, 6.45) is 43.9. The fourth-order valence-electron chi connectivity index (χ4n) is 8.36. The van der Waals surface area contributed by atoms with Crippen LogP contribution >= 0.6 is 0 Å². The lowest BCUT2D eigenvalue weighted by atomic mass is 9.89. The Morgan fingerprint density at radius 2 is 1.00 bits per heavy atom. The number of benzene rings is 1. The first-order valence-corrected chi connectivity index (χ1v) is 26.3. The Balaban J connectivity index is 0.0000120. The van der Waals surface area contributed by atoms with Gasteiger partial charge in [0.05, 0.1) is 13.2 Å². The molecule has 0 unspecified atom stereocenters. The van der Waals surface area contributed by atoms with Crippen LogP contribution in [0.15, 0.2) is 30.3 Å². The van der Waals surface area contributed by atoms with Crippen molar-refractivity contribution in [3.05, 3.63) is 35.9 Å². The maximum absolute atomic E-state index is 12.4. The third-order valence-corrected chi connectivity index (χ3v) is 12.2. The summed E-state index contributed by atoms with van der Waals surface area (Å²) in [5.41, 5.74) is 1.09. The summed E-state index contributed by atoms with van der Waals surface area (Å²) in [5, 5.41) is 9.96. The molecule has 0 aliphatic heterocycles. The Morgan fingerprint density at radius 1 is 0.581 bits per heavy atom. The second-order valence-corrected chi connectivity index (χ2v) is 18.0. The molecule has 1 aromatic carbocycles. The molecule has 1 aromatic rings. The minimum atomic E-state index is -0.250. The van der Waals surface area contributed by atoms with E-state index < -0.39 is 0 Å². The fraction of sp³-hybridized carbons (Fsp3) is 0.833. The lowest BCUT2D eigenvalue weighted by Gasteiger charge is -2.22. The summed E-state index contributed by atoms with van der Waals surface area (Å²) in [7, 11) is 0. The largest absolute Gasteiger partial charge is 0.483 e. The van der Waals surface area contributed by atoms with Gasteiger partial charge < -0.3 is 24.8 Å². The number of hydrogen-bond acceptors (Lipinski definition) is 6. The zero-order chi connectivity index (χ0) is 45.2. The number of rotatable bonds is 46. The van der Waals surface area contributed by atoms with E-state index in [1.54, 1.807) is 0 Å². The molecule has 2 N–H and O–H groups in total. The SMILES string of the molecule is CCCCCCCCCOC(=O)CCCCCCCN(CCCCCCCC(CCCCCCCC)CCCCCCCC)CCCNC(=O)COCc1ccccc1.O=CO. The molecule has 8 nitrogen and oxygen atoms in total. The number of carbonyl (C=O) groups is 3. The van der Waals surface area contributed by atoms with Crippen molar-refractivity contribution < 1.29 is 29.0 Å². The molecule has 0 heterocycles. The summed E-state index contributed by atoms with van der Waals surface area (Å²) in [6.45, 7) is 11.8. The first-order valence-electron chi connectivity index (χ1n) is 26.3. The average molecular weight is 873 g/mol. The predicted molar refractivity (Wildman–Crippen MR) is 263 cm³/mol. The van der Waals surface area contributed by atoms with Gasteiger partial charge in [0.2, 0.25) is 5.91 Å². The quantitative estimate of drug-likeness (QED) is 0.0382. The molecule has 0 spiro atoms. The van der Waals surface area contributed by atoms with Crippen molar-refractivity contribution in [3.8, 4) is 0 Å². The van der Waals surface area contributed by atoms with Crippen molar-refractivity contribution in [2.45, 2.75) is 246 Å². The maximum Gasteiger partial charge on any atom is 0.305 e. The molecule has 0 bridgehead atoms. The van der Waals surface area contributed by atoms with Crippen molar-refractivity contribution in [2.75, 3.05) is 39.4 Å². The van der Waals surface area contributed by atoms with Gasteiger partial charge in [-0.2, -0.15) is 0 Å². The van der Waals surface area contributed by atoms with Gasteiger partial charge in [-0.25, -0.2) is 0 Å². The number of nitrogens with zero attached hydrogens (tertiary/aromatic N) is 1. The number of unbranched alkanes of at least 4 members (excludes halogenated alkanes) is 24. The second-order valence-electron chi connectivity index (χ2n) is 18.0. The molecule has 1 amide bonds. The Hall–Kier alpha value is -2.45. The van der Waals surface area contributed by atoms with Crippen LogP contribution in [-0.2, 0) is 30.5 Å². The van der Waals surface area contributed by atoms with Crippen LogP contribution in [0.2, 0.25) is 0 Å². The molecule has 0 atom stereocenters. The molecule has 0 aliphatic carbocycles. The van der Waals surface area contributed by atoms with Crippen molar-refractivity contribution in [1.82, 2.24) is 10.2 Å². The average Bonchev–Trinajstić information content (AvgIpc) is 3.27. The van der Waals surface area contributed by atoms with Crippen molar-refractivity contribution in [2.24, 2.45) is 5.92 Å². The summed E-state index contributed by atoms with van der Waals surface area (Å²) >= 11 is 0. The van der Waals surface area contributed by atoms with E-state index in [1.165, 1.54) is 186 Å². The van der Waals surface area contributed by atoms with E-state index in [2.05, 4.69) is 31.0 Å². The van der Waals surface area contributed by atoms with Gasteiger partial charge in [0, 0.05) is 13.0 Å². The van der Waals surface area contributed by atoms with Crippen LogP contribution in [0.4, 0.5) is 0 Å². The van der Waals surface area contributed by atoms with E-state index in [0.717, 1.165) is 56.8 Å². The first-order chi connectivity index (χ1) is 30.5. The van der Waals surface area contributed by atoms with Gasteiger partial charge >= 0.3 is 5.97 Å². The topological polar surface area (TPSA) is 105 Å². The number of carbonyl (C=O) groups excluding carboxylic acids is 2. The molecule has 0 radical (unpaired) electrons. The molecule has 362 valence electrons. The molecular weight excluding hydrogens is 773 g/mol. The van der Waals surface area contributed by atoms with Crippen LogP contribution in [0.5, 0.6) is 0 Å². The Morgan fingerprint density at radius 3 is 1.50 bits per heavy atom. The number of amides is 1. The predicted octanol–water partition coefficient (Wildman–Crippen LogP) is 14.8. The number of hydrogen-bond donors (Lipinski definition) is 2. The Kier molecular flexibility index (Phi) is 47.6. The summed E-state index contributed by atoms with van der Waals surface area (Å²) in [5.74, 6) is 0.904. The Labute approximate surface area is 383 Å². The maximum atomic E-state index is 12.4. The third-order valence-electron chi connectivity index (χ3n) is 12.2. The second kappa shape index (κ2) is 49.6. The number of nitrogens with one attached hydrogen (secondary N) is 1. The minimum Gasteiger partial charge on any atom is -0.483 e. The summed E-state index contributed by atoms with van der Waals surface area (Å²) < 4.78 is 11.1. The molecule has 0 fully saturated rings. The van der Waals surface area contributed by atoms with Gasteiger partial charge in [0.25, 0.3) is 6.47 Å². The number of carboxylic acid groups (broad SMARTS) is 1. The monoisotopic (exact) mass is 873 g/mol. The summed E-state index contributed by atoms with van der Waals surface area (Å²) in [4.78, 5) is 35.6. The third kappa shape index (κ3) is 44.2. The van der Waals surface area contributed by atoms with Crippen LogP contribution in [-0.4, -0.2) is 67.7 Å². The van der Waals surface area contributed by atoms with Crippen molar-refractivity contribution >= 4 is 18.3 Å². The van der Waals surface area contributed by atoms with Crippen LogP contribution in [0, 0.1) is 5.92 Å². The lowest BCUT2D eigenvalue weighted by Crippen LogP contribution is -2.33. The van der Waals surface area contributed by atoms with Gasteiger partial charge in [0.15, 0.2) is 0 Å². The zero-order valence-electron chi connectivity index (χ0n) is 41.0. The molecule has 62 heavy (non-hydrogen) atoms. The molecule has 0 saturated carbocycles. The van der Waals surface area contributed by atoms with E-state index in [9.17, 15) is 9.59 Å². The van der Waals surface area contributed by atoms with Crippen LogP contribution in [0.3, 0.4) is 0 Å². The van der Waals surface area contributed by atoms with Crippen molar-refractivity contribution in [1.29, 1.82) is 0 Å². The van der Waals surface area contributed by atoms with E-state index in [1.807, 2.05) is 30.3 Å². The summed E-state index contributed by atoms with van der Waals surface area (Å²) in [6, 6.07) is 10.0. The smallest absolute Gasteiger partial charge is 0.305 e. The van der Waals surface area contributed by atoms with Crippen LogP contribution < -0.4 is 5.32 Å². The first kappa shape index (κ1) is 59.5. The van der Waals surface area contributed by atoms with Crippen LogP contribution in [0.25, 0.3) is 0 Å². The Bertz CT molecular complexity index is 1060. The number of ether oxygens (including phenoxy) is 2. The highest BCUT2D eigenvalue weighted by Crippen LogP contribution is 2.25. The molecule has 0 saturated heterocycles. The lowest BCUT2D eigenvalue weighted by molar-refractivity contribution is -0.144. The normalized spacial score (nSPS) is 11.2. The van der Waals surface area contributed by atoms with Gasteiger partial charge in [-0.1, -0.05) is 231 Å². The van der Waals surface area contributed by atoms with E-state index in [0.29, 0.717) is 26.2 Å². The van der Waals surface area contributed by atoms with Crippen molar-refractivity contribution in [3.63, 3.8) is 0 Å². The van der Waals surface area contributed by atoms with Gasteiger partial charge in [0.1, 0.15) is 6.61 Å². The highest BCUT2D eigenvalue weighted by atomic mass is 16.5. The molecule has 8 heteroatoms. The number of esters is 1. The highest BCUT2D eigenvalue weighted by molar-refractivity contribution is 5.77. The zero-order valence-corrected chi connectivity index (χ0v) is 41.0. The van der Waals surface area contributed by atoms with E-state index in [4.69, 9.17) is 19.4 Å². The van der Waals surface area contributed by atoms with Gasteiger partial charge in [-0.15, -0.1) is 0 Å². The van der Waals surface area contributed by atoms with Gasteiger partial charge in [-0.3, -0.25) is 14.4 Å². The van der Waals surface area contributed by atoms with E-state index in [-0.39, 0.29) is 25.0 Å². The standard InChI is InChI=1S/C53H98N2O4.CH2O2/c1-4-7-10-13-16-25-35-47-59-53(57)42-32-22-18-24-34-45-55(46-36-43-54-52(56)49-58-48-51-40-30-26-31-41-51)44-33-23-17-21-29-39-50(37-27-19-14-11-8-5-2)38-28-20-15-12-9-6-3;2-1-3/h26,30-31,40-41,50H,4-25,27-29,32-39,42-49H2,1-3H3,(H,54,56);1H,(H,2,3). The van der Waals surface area contributed by atoms with Gasteiger partial charge in [-0.05, 0) is 63.2 Å². The minimum absolute atomic E-state index is 0.0156. The molecular formula is C54H100N2O6. The highest BCUT2D eigenvalue weighted by Gasteiger charge is 2.10. The van der Waals surface area contributed by atoms with Crippen LogP contribution in [0.1, 0.15) is 245 Å². The fourth-order valence-corrected chi connectivity index (χ4v) is 8.36. The molecule has 0 aromatic heterocycles. The van der Waals surface area contributed by atoms with E-state index >= 15 is 0 Å². The molecule has 1 rings (SSSR count).